The molecule has 0 unspecified atom stereocenters. The van der Waals surface area contributed by atoms with E-state index < -0.39 is 0 Å². The maximum atomic E-state index is 10.4. The highest BCUT2D eigenvalue weighted by Crippen LogP contribution is 2.44. The fraction of sp³-hybridized carbons (Fsp3) is 0.0588. The van der Waals surface area contributed by atoms with E-state index in [1.54, 1.807) is 0 Å². The van der Waals surface area contributed by atoms with Gasteiger partial charge in [0.1, 0.15) is 0 Å². The second-order valence-corrected chi connectivity index (χ2v) is 14.8. The van der Waals surface area contributed by atoms with Gasteiger partial charge in [-0.1, -0.05) is 121 Å². The summed E-state index contributed by atoms with van der Waals surface area (Å²) in [4.78, 5) is 22.3. The van der Waals surface area contributed by atoms with Crippen molar-refractivity contribution in [1.82, 2.24) is 24.9 Å². The zero-order valence-electron chi connectivity index (χ0n) is 31.1. The van der Waals surface area contributed by atoms with E-state index in [1.165, 1.54) is 16.7 Å². The molecule has 6 heteroatoms. The summed E-state index contributed by atoms with van der Waals surface area (Å²) in [5.74, 6) is 0. The SMILES string of the molecule is OCc1[nH]cc2c1Cc1c(c3[nH]c1c(-c1ccccc1)c1nc(c(-c4ccccc4)c4ccc([nH]4)c(-c4ccccc4)c4nc(c3-c3ccccc3)C=C4)C=C1)C2. The van der Waals surface area contributed by atoms with Gasteiger partial charge in [-0.2, -0.15) is 0 Å². The van der Waals surface area contributed by atoms with Crippen LogP contribution in [0.4, 0.5) is 0 Å². The van der Waals surface area contributed by atoms with E-state index in [2.05, 4.69) is 179 Å². The molecule has 11 rings (SSSR count). The predicted molar refractivity (Wildman–Crippen MR) is 233 cm³/mol. The minimum Gasteiger partial charge on any atom is -0.390 e. The Morgan fingerprint density at radius 3 is 1.28 bits per heavy atom. The van der Waals surface area contributed by atoms with Crippen LogP contribution in [-0.2, 0) is 19.4 Å². The number of hydrogen-bond donors (Lipinski definition) is 4. The molecule has 0 saturated heterocycles. The van der Waals surface area contributed by atoms with E-state index in [9.17, 15) is 5.11 Å². The third kappa shape index (κ3) is 5.53. The average molecular weight is 736 g/mol. The number of fused-ring (bicyclic) bond motifs is 12. The highest BCUT2D eigenvalue weighted by atomic mass is 16.3. The van der Waals surface area contributed by atoms with Crippen LogP contribution in [0, 0.1) is 0 Å². The molecule has 0 spiro atoms. The van der Waals surface area contributed by atoms with Gasteiger partial charge in [-0.15, -0.1) is 0 Å². The van der Waals surface area contributed by atoms with Gasteiger partial charge in [0.25, 0.3) is 0 Å². The Morgan fingerprint density at radius 2 is 0.842 bits per heavy atom. The minimum absolute atomic E-state index is 0.0411. The maximum absolute atomic E-state index is 10.4. The second-order valence-electron chi connectivity index (χ2n) is 14.8. The minimum atomic E-state index is -0.0411. The molecule has 6 heterocycles. The van der Waals surface area contributed by atoms with Crippen LogP contribution in [0.2, 0.25) is 0 Å². The zero-order chi connectivity index (χ0) is 37.9. The fourth-order valence-electron chi connectivity index (χ4n) is 8.93. The van der Waals surface area contributed by atoms with Crippen LogP contribution >= 0.6 is 0 Å². The number of H-pyrrole nitrogens is 3. The van der Waals surface area contributed by atoms with Gasteiger partial charge in [0.15, 0.2) is 0 Å². The van der Waals surface area contributed by atoms with E-state index in [4.69, 9.17) is 9.97 Å². The summed E-state index contributed by atoms with van der Waals surface area (Å²) in [5.41, 5.74) is 21.6. The van der Waals surface area contributed by atoms with Gasteiger partial charge in [0.2, 0.25) is 0 Å². The van der Waals surface area contributed by atoms with Crippen molar-refractivity contribution in [2.45, 2.75) is 19.4 Å². The molecule has 0 radical (unpaired) electrons. The average Bonchev–Trinajstić information content (AvgIpc) is 4.13. The molecule has 8 bridgehead atoms. The first-order chi connectivity index (χ1) is 28.2. The Labute approximate surface area is 329 Å². The van der Waals surface area contributed by atoms with Gasteiger partial charge >= 0.3 is 0 Å². The normalized spacial score (nSPS) is 12.8. The van der Waals surface area contributed by atoms with Gasteiger partial charge < -0.3 is 20.1 Å². The highest BCUT2D eigenvalue weighted by Gasteiger charge is 2.28. The third-order valence-corrected chi connectivity index (χ3v) is 11.5. The lowest BCUT2D eigenvalue weighted by molar-refractivity contribution is 0.276. The Kier molecular flexibility index (Phi) is 7.83. The lowest BCUT2D eigenvalue weighted by Gasteiger charge is -2.16. The number of nitrogens with zero attached hydrogens (tertiary/aromatic N) is 2. The number of aromatic nitrogens is 5. The van der Waals surface area contributed by atoms with Crippen LogP contribution in [0.25, 0.3) is 90.9 Å². The Morgan fingerprint density at radius 1 is 0.439 bits per heavy atom. The van der Waals surface area contributed by atoms with Crippen molar-refractivity contribution in [3.05, 3.63) is 190 Å². The van der Waals surface area contributed by atoms with E-state index in [0.29, 0.717) is 12.8 Å². The van der Waals surface area contributed by atoms with E-state index in [-0.39, 0.29) is 6.61 Å². The van der Waals surface area contributed by atoms with Gasteiger partial charge in [0, 0.05) is 58.0 Å². The van der Waals surface area contributed by atoms with Crippen molar-refractivity contribution in [2.75, 3.05) is 0 Å². The first kappa shape index (κ1) is 33.1. The molecule has 1 aliphatic carbocycles. The van der Waals surface area contributed by atoms with Gasteiger partial charge in [-0.3, -0.25) is 0 Å². The van der Waals surface area contributed by atoms with Gasteiger partial charge in [0.05, 0.1) is 40.4 Å². The maximum Gasteiger partial charge on any atom is 0.0833 e. The van der Waals surface area contributed by atoms with Crippen molar-refractivity contribution in [3.63, 3.8) is 0 Å². The highest BCUT2D eigenvalue weighted by molar-refractivity contribution is 6.02. The van der Waals surface area contributed by atoms with Crippen molar-refractivity contribution in [2.24, 2.45) is 0 Å². The molecule has 0 fully saturated rings. The molecule has 57 heavy (non-hydrogen) atoms. The number of aromatic amines is 3. The number of rotatable bonds is 5. The van der Waals surface area contributed by atoms with Crippen molar-refractivity contribution >= 4 is 46.4 Å². The van der Waals surface area contributed by atoms with Crippen LogP contribution in [0.15, 0.2) is 140 Å². The molecule has 0 saturated carbocycles. The van der Waals surface area contributed by atoms with E-state index in [1.807, 2.05) is 0 Å². The molecular formula is C51H37N5O. The number of aliphatic hydroxyl groups excluding tert-OH is 1. The third-order valence-electron chi connectivity index (χ3n) is 11.5. The van der Waals surface area contributed by atoms with Crippen LogP contribution in [0.1, 0.15) is 50.7 Å². The lowest BCUT2D eigenvalue weighted by Crippen LogP contribution is -2.06. The number of hydrogen-bond acceptors (Lipinski definition) is 3. The summed E-state index contributed by atoms with van der Waals surface area (Å²) in [5, 5.41) is 10.4. The van der Waals surface area contributed by atoms with E-state index in [0.717, 1.165) is 101 Å². The van der Waals surface area contributed by atoms with Gasteiger partial charge in [-0.05, 0) is 80.9 Å². The number of nitrogens with one attached hydrogen (secondary N) is 3. The van der Waals surface area contributed by atoms with Crippen LogP contribution < -0.4 is 0 Å². The summed E-state index contributed by atoms with van der Waals surface area (Å²) in [6.45, 7) is -0.0411. The lowest BCUT2D eigenvalue weighted by atomic mass is 9.86. The van der Waals surface area contributed by atoms with Crippen LogP contribution in [-0.4, -0.2) is 30.0 Å². The molecule has 8 aromatic rings. The molecule has 3 aliphatic rings. The first-order valence-corrected chi connectivity index (χ1v) is 19.4. The molecule has 0 atom stereocenters. The molecule has 4 aromatic heterocycles. The fourth-order valence-corrected chi connectivity index (χ4v) is 8.93. The molecule has 6 nitrogen and oxygen atoms in total. The number of benzene rings is 4. The summed E-state index contributed by atoms with van der Waals surface area (Å²) >= 11 is 0. The summed E-state index contributed by atoms with van der Waals surface area (Å²) in [7, 11) is 0. The summed E-state index contributed by atoms with van der Waals surface area (Å²) in [6.07, 6.45) is 12.1. The molecular weight excluding hydrogens is 699 g/mol. The Hall–Kier alpha value is -7.28. The monoisotopic (exact) mass is 735 g/mol. The summed E-state index contributed by atoms with van der Waals surface area (Å²) in [6, 6.07) is 46.6. The van der Waals surface area contributed by atoms with Crippen LogP contribution in [0.3, 0.4) is 0 Å². The van der Waals surface area contributed by atoms with Crippen molar-refractivity contribution < 1.29 is 5.11 Å². The molecule has 0 amide bonds. The Balaban J connectivity index is 1.37. The quantitative estimate of drug-likeness (QED) is 0.142. The predicted octanol–water partition coefficient (Wildman–Crippen LogP) is 11.6. The number of aliphatic hydroxyl groups is 1. The second kappa shape index (κ2) is 13.5. The molecule has 4 aromatic carbocycles. The molecule has 4 N–H and O–H groups in total. The molecule has 272 valence electrons. The zero-order valence-corrected chi connectivity index (χ0v) is 31.1. The van der Waals surface area contributed by atoms with E-state index >= 15 is 0 Å². The first-order valence-electron chi connectivity index (χ1n) is 19.4. The van der Waals surface area contributed by atoms with Crippen molar-refractivity contribution in [1.29, 1.82) is 0 Å². The van der Waals surface area contributed by atoms with Gasteiger partial charge in [-0.25, -0.2) is 9.97 Å². The summed E-state index contributed by atoms with van der Waals surface area (Å²) < 4.78 is 0. The topological polar surface area (TPSA) is 93.4 Å². The van der Waals surface area contributed by atoms with Crippen LogP contribution in [0.5, 0.6) is 0 Å². The smallest absolute Gasteiger partial charge is 0.0833 e. The van der Waals surface area contributed by atoms with Crippen molar-refractivity contribution in [3.8, 4) is 44.5 Å². The Bertz CT molecular complexity index is 3080. The largest absolute Gasteiger partial charge is 0.390 e. The standard InChI is InChI=1S/C51H37N5O/c57-30-45-36-28-38-37(27-35(36)29-52-45)50-48(33-17-9-3-10-18-33)43-25-23-41(54-43)46(31-13-5-1-6-14-31)39-21-22-40(53-39)47(32-15-7-2-8-16-32)42-24-26-44(55-42)49(51(38)56-50)34-19-11-4-12-20-34/h1-26,29,52-53,56-57H,27-28,30H2. The molecule has 2 aliphatic heterocycles.